The molecule has 2 fully saturated rings. The van der Waals surface area contributed by atoms with Gasteiger partial charge in [0.1, 0.15) is 48.3 Å². The van der Waals surface area contributed by atoms with Gasteiger partial charge in [0, 0.05) is 17.5 Å². The highest BCUT2D eigenvalue weighted by molar-refractivity contribution is 5.80. The van der Waals surface area contributed by atoms with Crippen molar-refractivity contribution >= 4 is 11.0 Å². The van der Waals surface area contributed by atoms with E-state index in [4.69, 9.17) is 28.1 Å². The first kappa shape index (κ1) is 25.8. The molecule has 0 radical (unpaired) electrons. The van der Waals surface area contributed by atoms with E-state index in [0.29, 0.717) is 5.39 Å². The van der Waals surface area contributed by atoms with Crippen molar-refractivity contribution in [3.63, 3.8) is 0 Å². The lowest BCUT2D eigenvalue weighted by Gasteiger charge is -2.42. The second-order valence-corrected chi connectivity index (χ2v) is 8.44. The second kappa shape index (κ2) is 10.3. The molecule has 13 nitrogen and oxygen atoms in total. The van der Waals surface area contributed by atoms with Gasteiger partial charge in [-0.2, -0.15) is 0 Å². The Kier molecular flexibility index (Phi) is 7.61. The Balaban J connectivity index is 1.50. The largest absolute Gasteiger partial charge is 0.493 e. The summed E-state index contributed by atoms with van der Waals surface area (Å²) >= 11 is 0. The molecule has 0 bridgehead atoms. The molecule has 2 saturated heterocycles. The van der Waals surface area contributed by atoms with Crippen LogP contribution >= 0.6 is 0 Å². The van der Waals surface area contributed by atoms with Crippen molar-refractivity contribution in [3.8, 4) is 11.5 Å². The first-order valence-corrected chi connectivity index (χ1v) is 10.9. The highest BCUT2D eigenvalue weighted by Gasteiger charge is 2.47. The molecule has 35 heavy (non-hydrogen) atoms. The number of fused-ring (bicyclic) bond motifs is 1. The van der Waals surface area contributed by atoms with Crippen LogP contribution in [0.5, 0.6) is 11.5 Å². The van der Waals surface area contributed by atoms with Crippen molar-refractivity contribution in [1.82, 2.24) is 0 Å². The number of rotatable bonds is 6. The van der Waals surface area contributed by atoms with Crippen molar-refractivity contribution in [1.29, 1.82) is 0 Å². The summed E-state index contributed by atoms with van der Waals surface area (Å²) in [6, 6.07) is 5.67. The van der Waals surface area contributed by atoms with Crippen LogP contribution in [0.2, 0.25) is 0 Å². The normalized spacial score (nSPS) is 37.8. The third-order valence-corrected chi connectivity index (χ3v) is 6.05. The van der Waals surface area contributed by atoms with Gasteiger partial charge in [-0.3, -0.25) is 0 Å². The van der Waals surface area contributed by atoms with Crippen LogP contribution in [0.3, 0.4) is 0 Å². The van der Waals surface area contributed by atoms with Gasteiger partial charge in [-0.05, 0) is 19.1 Å². The lowest BCUT2D eigenvalue weighted by atomic mass is 9.98. The van der Waals surface area contributed by atoms with Gasteiger partial charge >= 0.3 is 5.63 Å². The maximum atomic E-state index is 11.6. The minimum Gasteiger partial charge on any atom is -0.493 e. The van der Waals surface area contributed by atoms with E-state index >= 15 is 0 Å². The van der Waals surface area contributed by atoms with Crippen molar-refractivity contribution < 1.29 is 58.7 Å². The number of aliphatic hydroxyl groups is 6. The zero-order valence-electron chi connectivity index (χ0n) is 18.8. The van der Waals surface area contributed by atoms with E-state index < -0.39 is 73.6 Å². The molecule has 1 unspecified atom stereocenters. The number of benzene rings is 1. The number of ether oxygens (including phenoxy) is 5. The standard InChI is InChI=1S/C22H28O13/c1-8-15(24)17(26)19(28)21(32-8)31-7-13-16(25)18(27)20(29)22(35-13)34-12-6-10-9(5-11(12)30-2)3-4-14(23)33-10/h3-6,8,13,15-22,24-29H,7H2,1-2H3/t8-,13?,15-,16+,17+,18-,19+,20+,21+,22+/m0/s1. The highest BCUT2D eigenvalue weighted by Crippen LogP contribution is 2.35. The Hall–Kier alpha value is -2.33. The minimum absolute atomic E-state index is 0.0265. The van der Waals surface area contributed by atoms with Gasteiger partial charge in [0.05, 0.1) is 19.8 Å². The number of methoxy groups -OCH3 is 1. The summed E-state index contributed by atoms with van der Waals surface area (Å²) in [5.74, 6) is 0.245. The predicted octanol–water partition coefficient (Wildman–Crippen LogP) is -2.17. The van der Waals surface area contributed by atoms with Gasteiger partial charge in [-0.1, -0.05) is 0 Å². The van der Waals surface area contributed by atoms with E-state index in [0.717, 1.165) is 0 Å². The fourth-order valence-electron chi connectivity index (χ4n) is 3.94. The fraction of sp³-hybridized carbons (Fsp3) is 0.591. The summed E-state index contributed by atoms with van der Waals surface area (Å²) in [7, 11) is 1.38. The molecular weight excluding hydrogens is 472 g/mol. The fourth-order valence-corrected chi connectivity index (χ4v) is 3.94. The van der Waals surface area contributed by atoms with Crippen LogP contribution in [-0.4, -0.2) is 106 Å². The van der Waals surface area contributed by atoms with E-state index in [1.807, 2.05) is 0 Å². The molecular formula is C22H28O13. The molecule has 4 rings (SSSR count). The van der Waals surface area contributed by atoms with Gasteiger partial charge < -0.3 is 58.7 Å². The van der Waals surface area contributed by atoms with Crippen molar-refractivity contribution in [2.45, 2.75) is 68.3 Å². The first-order valence-electron chi connectivity index (χ1n) is 10.9. The molecule has 2 aliphatic rings. The van der Waals surface area contributed by atoms with Crippen LogP contribution < -0.4 is 15.1 Å². The summed E-state index contributed by atoms with van der Waals surface area (Å²) in [4.78, 5) is 11.6. The topological polar surface area (TPSA) is 198 Å². The van der Waals surface area contributed by atoms with Crippen molar-refractivity contribution in [3.05, 3.63) is 34.7 Å². The van der Waals surface area contributed by atoms with Gasteiger partial charge in [0.2, 0.25) is 6.29 Å². The molecule has 2 aromatic rings. The maximum Gasteiger partial charge on any atom is 0.336 e. The minimum atomic E-state index is -1.70. The number of hydrogen-bond acceptors (Lipinski definition) is 13. The van der Waals surface area contributed by atoms with E-state index in [1.165, 1.54) is 38.3 Å². The molecule has 194 valence electrons. The molecule has 0 amide bonds. The quantitative estimate of drug-likeness (QED) is 0.235. The van der Waals surface area contributed by atoms with E-state index in [2.05, 4.69) is 0 Å². The molecule has 1 aromatic heterocycles. The molecule has 0 saturated carbocycles. The van der Waals surface area contributed by atoms with Crippen molar-refractivity contribution in [2.24, 2.45) is 0 Å². The summed E-state index contributed by atoms with van der Waals surface area (Å²) in [6.07, 6.45) is -14.4. The van der Waals surface area contributed by atoms with Gasteiger partial charge in [-0.15, -0.1) is 0 Å². The predicted molar refractivity (Wildman–Crippen MR) is 115 cm³/mol. The number of aliphatic hydroxyl groups excluding tert-OH is 6. The van der Waals surface area contributed by atoms with Crippen LogP contribution in [0.1, 0.15) is 6.92 Å². The SMILES string of the molecule is COc1cc2ccc(=O)oc2cc1O[C@@H]1OC(CO[C@@H]2O[C@@H](C)[C@H](O)[C@@H](O)[C@H]2O)[C@@H](O)[C@H](O)[C@H]1O. The Morgan fingerprint density at radius 2 is 1.51 bits per heavy atom. The van der Waals surface area contributed by atoms with Crippen LogP contribution in [0, 0.1) is 0 Å². The molecule has 6 N–H and O–H groups in total. The molecule has 0 spiro atoms. The van der Waals surface area contributed by atoms with Crippen molar-refractivity contribution in [2.75, 3.05) is 13.7 Å². The summed E-state index contributed by atoms with van der Waals surface area (Å²) in [6.45, 7) is 1.04. The van der Waals surface area contributed by atoms with Gasteiger partial charge in [0.25, 0.3) is 0 Å². The average molecular weight is 500 g/mol. The Morgan fingerprint density at radius 1 is 0.829 bits per heavy atom. The number of hydrogen-bond donors (Lipinski definition) is 6. The Morgan fingerprint density at radius 3 is 2.23 bits per heavy atom. The van der Waals surface area contributed by atoms with Crippen LogP contribution in [0.15, 0.2) is 33.5 Å². The third kappa shape index (κ3) is 5.14. The summed E-state index contributed by atoms with van der Waals surface area (Å²) < 4.78 is 32.5. The monoisotopic (exact) mass is 500 g/mol. The Labute approximate surface area is 198 Å². The molecule has 10 atom stereocenters. The maximum absolute atomic E-state index is 11.6. The Bertz CT molecular complexity index is 1070. The van der Waals surface area contributed by atoms with E-state index in [1.54, 1.807) is 0 Å². The van der Waals surface area contributed by atoms with Gasteiger partial charge in [-0.25, -0.2) is 4.79 Å². The smallest absolute Gasteiger partial charge is 0.336 e. The van der Waals surface area contributed by atoms with Gasteiger partial charge in [0.15, 0.2) is 17.8 Å². The molecule has 1 aromatic carbocycles. The lowest BCUT2D eigenvalue weighted by molar-refractivity contribution is -0.318. The highest BCUT2D eigenvalue weighted by atomic mass is 16.7. The summed E-state index contributed by atoms with van der Waals surface area (Å²) in [5, 5.41) is 61.5. The van der Waals surface area contributed by atoms with Crippen LogP contribution in [-0.2, 0) is 14.2 Å². The third-order valence-electron chi connectivity index (χ3n) is 6.05. The van der Waals surface area contributed by atoms with E-state index in [9.17, 15) is 35.4 Å². The molecule has 3 heterocycles. The second-order valence-electron chi connectivity index (χ2n) is 8.44. The lowest BCUT2D eigenvalue weighted by Crippen LogP contribution is -2.61. The molecule has 0 aliphatic carbocycles. The first-order chi connectivity index (χ1) is 16.6. The zero-order valence-corrected chi connectivity index (χ0v) is 18.8. The van der Waals surface area contributed by atoms with Crippen LogP contribution in [0.25, 0.3) is 11.0 Å². The van der Waals surface area contributed by atoms with E-state index in [-0.39, 0.29) is 17.1 Å². The summed E-state index contributed by atoms with van der Waals surface area (Å²) in [5.41, 5.74) is -0.408. The zero-order chi connectivity index (χ0) is 25.4. The molecule has 13 heteroatoms. The van der Waals surface area contributed by atoms with Crippen LogP contribution in [0.4, 0.5) is 0 Å². The average Bonchev–Trinajstić information content (AvgIpc) is 2.84. The molecule has 2 aliphatic heterocycles.